The van der Waals surface area contributed by atoms with Gasteiger partial charge < -0.3 is 0 Å². The first-order valence-corrected chi connectivity index (χ1v) is 9.72. The summed E-state index contributed by atoms with van der Waals surface area (Å²) in [6.45, 7) is 3.42. The number of nitro groups is 1. The number of hydrogen-bond donors (Lipinski definition) is 1. The highest BCUT2D eigenvalue weighted by Crippen LogP contribution is 2.25. The van der Waals surface area contributed by atoms with Crippen molar-refractivity contribution in [2.75, 3.05) is 4.72 Å². The molecule has 3 aromatic rings. The van der Waals surface area contributed by atoms with E-state index in [0.717, 1.165) is 6.07 Å². The molecule has 8 nitrogen and oxygen atoms in total. The second-order valence-electron chi connectivity index (χ2n) is 6.15. The van der Waals surface area contributed by atoms with Crippen molar-refractivity contribution in [2.45, 2.75) is 25.3 Å². The minimum Gasteiger partial charge on any atom is -0.276 e. The minimum absolute atomic E-state index is 0.137. The smallest absolute Gasteiger partial charge is 0.270 e. The standard InChI is InChI=1S/C18H17FN4O4S/c1-12-18(13(2)22(20-12)11-14-6-3-4-9-17(14)19)21-28(26,27)16-8-5-7-15(10-16)23(24)25/h3-10,21H,11H2,1-2H3. The second-order valence-corrected chi connectivity index (χ2v) is 7.84. The molecule has 0 spiro atoms. The minimum atomic E-state index is -4.06. The summed E-state index contributed by atoms with van der Waals surface area (Å²) in [6.07, 6.45) is 0. The maximum Gasteiger partial charge on any atom is 0.270 e. The van der Waals surface area contributed by atoms with Crippen LogP contribution in [0.5, 0.6) is 0 Å². The van der Waals surface area contributed by atoms with Crippen molar-refractivity contribution in [1.82, 2.24) is 9.78 Å². The van der Waals surface area contributed by atoms with Crippen molar-refractivity contribution in [1.29, 1.82) is 0 Å². The third-order valence-electron chi connectivity index (χ3n) is 4.23. The van der Waals surface area contributed by atoms with Gasteiger partial charge in [0.05, 0.1) is 33.4 Å². The number of aryl methyl sites for hydroxylation is 1. The number of rotatable bonds is 6. The molecule has 1 N–H and O–H groups in total. The molecule has 28 heavy (non-hydrogen) atoms. The van der Waals surface area contributed by atoms with E-state index < -0.39 is 14.9 Å². The summed E-state index contributed by atoms with van der Waals surface area (Å²) in [4.78, 5) is 10.00. The Kier molecular flexibility index (Phi) is 5.14. The van der Waals surface area contributed by atoms with Crippen LogP contribution in [0.2, 0.25) is 0 Å². The predicted molar refractivity (Wildman–Crippen MR) is 101 cm³/mol. The van der Waals surface area contributed by atoms with Crippen LogP contribution in [0.1, 0.15) is 17.0 Å². The predicted octanol–water partition coefficient (Wildman–Crippen LogP) is 3.40. The van der Waals surface area contributed by atoms with E-state index in [1.165, 1.54) is 28.9 Å². The van der Waals surface area contributed by atoms with Crippen molar-refractivity contribution in [3.8, 4) is 0 Å². The van der Waals surface area contributed by atoms with Gasteiger partial charge in [-0.3, -0.25) is 19.5 Å². The van der Waals surface area contributed by atoms with Crippen molar-refractivity contribution < 1.29 is 17.7 Å². The van der Waals surface area contributed by atoms with Gasteiger partial charge in [0, 0.05) is 17.7 Å². The number of nitrogens with zero attached hydrogens (tertiary/aromatic N) is 3. The molecule has 1 heterocycles. The first-order valence-electron chi connectivity index (χ1n) is 8.24. The molecule has 0 atom stereocenters. The average Bonchev–Trinajstić information content (AvgIpc) is 2.91. The van der Waals surface area contributed by atoms with Gasteiger partial charge in [-0.05, 0) is 26.0 Å². The molecule has 1 aromatic heterocycles. The number of sulfonamides is 1. The van der Waals surface area contributed by atoms with Gasteiger partial charge in [-0.2, -0.15) is 5.10 Å². The molecular weight excluding hydrogens is 387 g/mol. The monoisotopic (exact) mass is 404 g/mol. The lowest BCUT2D eigenvalue weighted by molar-refractivity contribution is -0.385. The summed E-state index contributed by atoms with van der Waals surface area (Å²) in [5.41, 5.74) is 1.24. The van der Waals surface area contributed by atoms with Crippen LogP contribution in [0.4, 0.5) is 15.8 Å². The van der Waals surface area contributed by atoms with Crippen LogP contribution in [-0.2, 0) is 16.6 Å². The van der Waals surface area contributed by atoms with Crippen LogP contribution in [0.25, 0.3) is 0 Å². The Bertz CT molecular complexity index is 1160. The number of nitro benzene ring substituents is 1. The van der Waals surface area contributed by atoms with Crippen molar-refractivity contribution >= 4 is 21.4 Å². The summed E-state index contributed by atoms with van der Waals surface area (Å²) >= 11 is 0. The molecule has 0 aliphatic heterocycles. The number of anilines is 1. The summed E-state index contributed by atoms with van der Waals surface area (Å²) in [5, 5.41) is 15.2. The summed E-state index contributed by atoms with van der Waals surface area (Å²) in [6, 6.07) is 11.0. The maximum absolute atomic E-state index is 13.9. The molecule has 0 saturated heterocycles. The Morgan fingerprint density at radius 1 is 1.18 bits per heavy atom. The number of hydrogen-bond acceptors (Lipinski definition) is 5. The molecule has 0 aliphatic carbocycles. The van der Waals surface area contributed by atoms with Gasteiger partial charge in [-0.15, -0.1) is 0 Å². The molecule has 0 radical (unpaired) electrons. The Morgan fingerprint density at radius 3 is 2.57 bits per heavy atom. The number of benzene rings is 2. The lowest BCUT2D eigenvalue weighted by atomic mass is 10.2. The molecule has 0 amide bonds. The fraction of sp³-hybridized carbons (Fsp3) is 0.167. The Labute approximate surface area is 160 Å². The van der Waals surface area contributed by atoms with E-state index in [4.69, 9.17) is 0 Å². The zero-order chi connectivity index (χ0) is 20.5. The van der Waals surface area contributed by atoms with Gasteiger partial charge in [-0.25, -0.2) is 12.8 Å². The zero-order valence-electron chi connectivity index (χ0n) is 15.1. The van der Waals surface area contributed by atoms with Gasteiger partial charge in [0.15, 0.2) is 0 Å². The molecule has 2 aromatic carbocycles. The average molecular weight is 404 g/mol. The van der Waals surface area contributed by atoms with Crippen LogP contribution in [0.3, 0.4) is 0 Å². The van der Waals surface area contributed by atoms with Crippen LogP contribution in [-0.4, -0.2) is 23.1 Å². The van der Waals surface area contributed by atoms with Crippen molar-refractivity contribution in [2.24, 2.45) is 0 Å². The number of non-ortho nitro benzene ring substituents is 1. The largest absolute Gasteiger partial charge is 0.276 e. The van der Waals surface area contributed by atoms with Crippen LogP contribution >= 0.6 is 0 Å². The Balaban J connectivity index is 1.92. The second kappa shape index (κ2) is 7.39. The number of nitrogens with one attached hydrogen (secondary N) is 1. The Morgan fingerprint density at radius 2 is 1.89 bits per heavy atom. The molecule has 0 unspecified atom stereocenters. The van der Waals surface area contributed by atoms with E-state index in [0.29, 0.717) is 17.0 Å². The lowest BCUT2D eigenvalue weighted by Gasteiger charge is -2.09. The van der Waals surface area contributed by atoms with Gasteiger partial charge >= 0.3 is 0 Å². The molecule has 0 saturated carbocycles. The maximum atomic E-state index is 13.9. The molecule has 10 heteroatoms. The summed E-state index contributed by atoms with van der Waals surface area (Å²) < 4.78 is 43.2. The van der Waals surface area contributed by atoms with Crippen LogP contribution in [0, 0.1) is 29.8 Å². The first-order chi connectivity index (χ1) is 13.2. The highest BCUT2D eigenvalue weighted by Gasteiger charge is 2.22. The Hall–Kier alpha value is -3.27. The fourth-order valence-electron chi connectivity index (χ4n) is 2.74. The van der Waals surface area contributed by atoms with E-state index in [-0.39, 0.29) is 28.6 Å². The normalized spacial score (nSPS) is 11.4. The highest BCUT2D eigenvalue weighted by molar-refractivity contribution is 7.92. The first kappa shape index (κ1) is 19.5. The summed E-state index contributed by atoms with van der Waals surface area (Å²) in [7, 11) is -4.06. The van der Waals surface area contributed by atoms with Gasteiger partial charge in [0.25, 0.3) is 15.7 Å². The van der Waals surface area contributed by atoms with E-state index in [1.54, 1.807) is 32.0 Å². The summed E-state index contributed by atoms with van der Waals surface area (Å²) in [5.74, 6) is -0.381. The van der Waals surface area contributed by atoms with Gasteiger partial charge in [0.1, 0.15) is 5.82 Å². The molecule has 3 rings (SSSR count). The van der Waals surface area contributed by atoms with E-state index in [9.17, 15) is 22.9 Å². The third-order valence-corrected chi connectivity index (χ3v) is 5.58. The van der Waals surface area contributed by atoms with E-state index in [2.05, 4.69) is 9.82 Å². The lowest BCUT2D eigenvalue weighted by Crippen LogP contribution is -2.14. The molecule has 146 valence electrons. The molecule has 0 bridgehead atoms. The third kappa shape index (κ3) is 3.86. The fourth-order valence-corrected chi connectivity index (χ4v) is 3.96. The SMILES string of the molecule is Cc1nn(Cc2ccccc2F)c(C)c1NS(=O)(=O)c1cccc([N+](=O)[O-])c1. The topological polar surface area (TPSA) is 107 Å². The number of aromatic nitrogens is 2. The van der Waals surface area contributed by atoms with Crippen molar-refractivity contribution in [3.63, 3.8) is 0 Å². The molecular formula is C18H17FN4O4S. The van der Waals surface area contributed by atoms with Gasteiger partial charge in [-0.1, -0.05) is 24.3 Å². The highest BCUT2D eigenvalue weighted by atomic mass is 32.2. The zero-order valence-corrected chi connectivity index (χ0v) is 15.9. The quantitative estimate of drug-likeness (QED) is 0.500. The molecule has 0 aliphatic rings. The van der Waals surface area contributed by atoms with Crippen molar-refractivity contribution in [3.05, 3.63) is 81.4 Å². The number of halogens is 1. The van der Waals surface area contributed by atoms with E-state index >= 15 is 0 Å². The molecule has 0 fully saturated rings. The van der Waals surface area contributed by atoms with Gasteiger partial charge in [0.2, 0.25) is 0 Å². The van der Waals surface area contributed by atoms with E-state index in [1.807, 2.05) is 0 Å². The van der Waals surface area contributed by atoms with Crippen LogP contribution < -0.4 is 4.72 Å². The van der Waals surface area contributed by atoms with Crippen LogP contribution in [0.15, 0.2) is 53.4 Å².